The summed E-state index contributed by atoms with van der Waals surface area (Å²) in [5.41, 5.74) is 0.0644. The predicted octanol–water partition coefficient (Wildman–Crippen LogP) is 4.11. The highest BCUT2D eigenvalue weighted by Crippen LogP contribution is 2.37. The van der Waals surface area contributed by atoms with Crippen LogP contribution in [-0.2, 0) is 4.74 Å². The first-order valence-electron chi connectivity index (χ1n) is 5.90. The maximum Gasteiger partial charge on any atom is 0.0822 e. The van der Waals surface area contributed by atoms with Crippen molar-refractivity contribution >= 4 is 22.9 Å². The Morgan fingerprint density at radius 3 is 2.47 bits per heavy atom. The van der Waals surface area contributed by atoms with Gasteiger partial charge in [0.05, 0.1) is 17.2 Å². The highest BCUT2D eigenvalue weighted by Gasteiger charge is 2.34. The average Bonchev–Trinajstić information content (AvgIpc) is 2.62. The summed E-state index contributed by atoms with van der Waals surface area (Å²) in [6.07, 6.45) is 0.0959. The van der Waals surface area contributed by atoms with Crippen LogP contribution in [0, 0.1) is 5.41 Å². The van der Waals surface area contributed by atoms with Gasteiger partial charge >= 0.3 is 0 Å². The van der Waals surface area contributed by atoms with E-state index in [0.717, 1.165) is 16.4 Å². The van der Waals surface area contributed by atoms with Gasteiger partial charge in [-0.15, -0.1) is 11.3 Å². The molecule has 1 aromatic rings. The SMILES string of the molecule is CCNC(c1sccc1Cl)C(OC)C(C)(C)C. The molecule has 4 heteroatoms. The zero-order valence-corrected chi connectivity index (χ0v) is 12.8. The quantitative estimate of drug-likeness (QED) is 0.873. The van der Waals surface area contributed by atoms with Crippen LogP contribution in [0.25, 0.3) is 0 Å². The lowest BCUT2D eigenvalue weighted by atomic mass is 9.84. The summed E-state index contributed by atoms with van der Waals surface area (Å²) in [4.78, 5) is 1.16. The van der Waals surface area contributed by atoms with Crippen molar-refractivity contribution in [2.24, 2.45) is 5.41 Å². The van der Waals surface area contributed by atoms with E-state index >= 15 is 0 Å². The maximum atomic E-state index is 6.24. The van der Waals surface area contributed by atoms with Gasteiger partial charge in [-0.2, -0.15) is 0 Å². The van der Waals surface area contributed by atoms with Gasteiger partial charge in [-0.25, -0.2) is 0 Å². The van der Waals surface area contributed by atoms with Crippen LogP contribution in [0.2, 0.25) is 5.02 Å². The molecule has 1 N–H and O–H groups in total. The van der Waals surface area contributed by atoms with E-state index in [1.165, 1.54) is 0 Å². The summed E-state index contributed by atoms with van der Waals surface area (Å²) < 4.78 is 5.69. The Balaban J connectivity index is 3.04. The molecule has 1 heterocycles. The number of ether oxygens (including phenoxy) is 1. The molecule has 0 aliphatic rings. The molecule has 1 aromatic heterocycles. The molecule has 0 aliphatic carbocycles. The minimum Gasteiger partial charge on any atom is -0.379 e. The van der Waals surface area contributed by atoms with E-state index in [4.69, 9.17) is 16.3 Å². The van der Waals surface area contributed by atoms with Crippen LogP contribution in [0.15, 0.2) is 11.4 Å². The minimum absolute atomic E-state index is 0.0644. The standard InChI is InChI=1S/C13H22ClNOS/c1-6-15-10(11-9(14)7-8-17-11)12(16-5)13(2,3)4/h7-8,10,12,15H,6H2,1-5H3. The molecule has 0 aliphatic heterocycles. The Labute approximate surface area is 113 Å². The third kappa shape index (κ3) is 3.68. The van der Waals surface area contributed by atoms with E-state index in [9.17, 15) is 0 Å². The molecule has 2 unspecified atom stereocenters. The van der Waals surface area contributed by atoms with Gasteiger partial charge in [0, 0.05) is 12.0 Å². The van der Waals surface area contributed by atoms with Crippen LogP contribution in [0.3, 0.4) is 0 Å². The number of halogens is 1. The molecule has 0 amide bonds. The molecule has 2 atom stereocenters. The van der Waals surface area contributed by atoms with Crippen molar-refractivity contribution in [2.75, 3.05) is 13.7 Å². The molecule has 17 heavy (non-hydrogen) atoms. The number of hydrogen-bond acceptors (Lipinski definition) is 3. The van der Waals surface area contributed by atoms with Crippen LogP contribution in [0.5, 0.6) is 0 Å². The van der Waals surface area contributed by atoms with E-state index in [-0.39, 0.29) is 17.6 Å². The lowest BCUT2D eigenvalue weighted by Crippen LogP contribution is -2.41. The Bertz CT molecular complexity index is 345. The van der Waals surface area contributed by atoms with Gasteiger partial charge in [0.15, 0.2) is 0 Å². The van der Waals surface area contributed by atoms with Gasteiger partial charge in [0.25, 0.3) is 0 Å². The van der Waals surface area contributed by atoms with Crippen molar-refractivity contribution in [2.45, 2.75) is 39.8 Å². The normalized spacial score (nSPS) is 15.9. The molecule has 0 saturated carbocycles. The summed E-state index contributed by atoms with van der Waals surface area (Å²) in [5.74, 6) is 0. The van der Waals surface area contributed by atoms with Crippen LogP contribution >= 0.6 is 22.9 Å². The fourth-order valence-electron chi connectivity index (χ4n) is 2.07. The Kier molecular flexibility index (Phi) is 5.45. The number of likely N-dealkylation sites (N-methyl/N-ethyl adjacent to an activating group) is 1. The van der Waals surface area contributed by atoms with Crippen LogP contribution in [-0.4, -0.2) is 19.8 Å². The molecule has 1 rings (SSSR count). The topological polar surface area (TPSA) is 21.3 Å². The third-order valence-electron chi connectivity index (χ3n) is 2.76. The maximum absolute atomic E-state index is 6.24. The first kappa shape index (κ1) is 15.0. The lowest BCUT2D eigenvalue weighted by molar-refractivity contribution is -0.0107. The molecule has 0 aromatic carbocycles. The minimum atomic E-state index is 0.0644. The largest absolute Gasteiger partial charge is 0.379 e. The second-order valence-corrected chi connectivity index (χ2v) is 6.55. The average molecular weight is 276 g/mol. The van der Waals surface area contributed by atoms with Gasteiger partial charge in [-0.3, -0.25) is 0 Å². The number of methoxy groups -OCH3 is 1. The number of thiophene rings is 1. The number of rotatable bonds is 5. The van der Waals surface area contributed by atoms with Crippen molar-refractivity contribution in [1.82, 2.24) is 5.32 Å². The van der Waals surface area contributed by atoms with Gasteiger partial charge in [-0.1, -0.05) is 39.3 Å². The fourth-order valence-corrected chi connectivity index (χ4v) is 3.35. The van der Waals surface area contributed by atoms with Crippen LogP contribution in [0.4, 0.5) is 0 Å². The first-order chi connectivity index (χ1) is 7.91. The fraction of sp³-hybridized carbons (Fsp3) is 0.692. The summed E-state index contributed by atoms with van der Waals surface area (Å²) in [5, 5.41) is 6.34. The molecule has 2 nitrogen and oxygen atoms in total. The smallest absolute Gasteiger partial charge is 0.0822 e. The highest BCUT2D eigenvalue weighted by molar-refractivity contribution is 7.10. The van der Waals surface area contributed by atoms with Crippen molar-refractivity contribution in [3.63, 3.8) is 0 Å². The lowest BCUT2D eigenvalue weighted by Gasteiger charge is -2.36. The Hall–Kier alpha value is -0.0900. The highest BCUT2D eigenvalue weighted by atomic mass is 35.5. The molecular weight excluding hydrogens is 254 g/mol. The molecule has 0 saturated heterocycles. The van der Waals surface area contributed by atoms with E-state index in [1.807, 2.05) is 11.4 Å². The zero-order valence-electron chi connectivity index (χ0n) is 11.2. The summed E-state index contributed by atoms with van der Waals surface area (Å²) >= 11 is 7.92. The van der Waals surface area contributed by atoms with E-state index in [2.05, 4.69) is 33.0 Å². The predicted molar refractivity (Wildman–Crippen MR) is 76.0 cm³/mol. The molecule has 0 spiro atoms. The Morgan fingerprint density at radius 2 is 2.12 bits per heavy atom. The van der Waals surface area contributed by atoms with Gasteiger partial charge in [0.1, 0.15) is 0 Å². The number of nitrogens with one attached hydrogen (secondary N) is 1. The van der Waals surface area contributed by atoms with Crippen molar-refractivity contribution in [3.8, 4) is 0 Å². The summed E-state index contributed by atoms with van der Waals surface area (Å²) in [6, 6.07) is 2.10. The van der Waals surface area contributed by atoms with E-state index in [0.29, 0.717) is 0 Å². The van der Waals surface area contributed by atoms with E-state index in [1.54, 1.807) is 18.4 Å². The van der Waals surface area contributed by atoms with E-state index < -0.39 is 0 Å². The first-order valence-corrected chi connectivity index (χ1v) is 7.16. The third-order valence-corrected chi connectivity index (χ3v) is 4.20. The Morgan fingerprint density at radius 1 is 1.47 bits per heavy atom. The monoisotopic (exact) mass is 275 g/mol. The summed E-state index contributed by atoms with van der Waals surface area (Å²) in [6.45, 7) is 9.56. The molecule has 0 bridgehead atoms. The molecule has 98 valence electrons. The second kappa shape index (κ2) is 6.19. The van der Waals surface area contributed by atoms with Crippen LogP contribution in [0.1, 0.15) is 38.6 Å². The van der Waals surface area contributed by atoms with Crippen LogP contribution < -0.4 is 5.32 Å². The number of hydrogen-bond donors (Lipinski definition) is 1. The zero-order chi connectivity index (χ0) is 13.1. The second-order valence-electron chi connectivity index (χ2n) is 5.19. The van der Waals surface area contributed by atoms with Gasteiger partial charge in [0.2, 0.25) is 0 Å². The summed E-state index contributed by atoms with van der Waals surface area (Å²) in [7, 11) is 1.77. The van der Waals surface area contributed by atoms with Gasteiger partial charge < -0.3 is 10.1 Å². The molecular formula is C13H22ClNOS. The van der Waals surface area contributed by atoms with Crippen molar-refractivity contribution in [1.29, 1.82) is 0 Å². The van der Waals surface area contributed by atoms with Crippen molar-refractivity contribution < 1.29 is 4.74 Å². The van der Waals surface area contributed by atoms with Gasteiger partial charge in [-0.05, 0) is 23.4 Å². The molecule has 0 radical (unpaired) electrons. The van der Waals surface area contributed by atoms with Crippen molar-refractivity contribution in [3.05, 3.63) is 21.3 Å². The molecule has 0 fully saturated rings.